The molecule has 1 aromatic rings. The van der Waals surface area contributed by atoms with E-state index < -0.39 is 18.4 Å². The van der Waals surface area contributed by atoms with Crippen LogP contribution in [0.2, 0.25) is 0 Å². The van der Waals surface area contributed by atoms with Crippen LogP contribution in [0.1, 0.15) is 31.3 Å². The number of carbonyl (C=O) groups excluding carboxylic acids is 3. The molecule has 0 saturated carbocycles. The van der Waals surface area contributed by atoms with Crippen LogP contribution in [-0.2, 0) is 9.59 Å². The van der Waals surface area contributed by atoms with Crippen molar-refractivity contribution in [1.82, 2.24) is 5.32 Å². The van der Waals surface area contributed by atoms with Crippen molar-refractivity contribution in [1.29, 1.82) is 0 Å². The first kappa shape index (κ1) is 17.3. The van der Waals surface area contributed by atoms with Crippen molar-refractivity contribution in [3.8, 4) is 0 Å². The number of nitrogens with one attached hydrogen (secondary N) is 1. The summed E-state index contributed by atoms with van der Waals surface area (Å²) in [6.07, 6.45) is -0.318. The summed E-state index contributed by atoms with van der Waals surface area (Å²) in [5, 5.41) is 2.14. The Labute approximate surface area is 143 Å². The number of hydrogen-bond acceptors (Lipinski definition) is 4. The summed E-state index contributed by atoms with van der Waals surface area (Å²) in [4.78, 5) is 37.2. The first-order valence-electron chi connectivity index (χ1n) is 8.23. The number of halogens is 2. The van der Waals surface area contributed by atoms with Crippen molar-refractivity contribution in [2.45, 2.75) is 25.7 Å². The molecule has 2 fully saturated rings. The third-order valence-corrected chi connectivity index (χ3v) is 4.69. The number of nitrogens with zero attached hydrogens (tertiary/aromatic N) is 2. The van der Waals surface area contributed by atoms with Crippen LogP contribution in [0.15, 0.2) is 18.2 Å². The Bertz CT molecular complexity index is 688. The molecular weight excluding hydrogens is 332 g/mol. The Morgan fingerprint density at radius 3 is 2.48 bits per heavy atom. The van der Waals surface area contributed by atoms with Gasteiger partial charge in [-0.15, -0.1) is 0 Å². The molecule has 1 aromatic carbocycles. The van der Waals surface area contributed by atoms with E-state index in [4.69, 9.17) is 0 Å². The number of hydrogen-bond donors (Lipinski definition) is 1. The zero-order valence-electron chi connectivity index (χ0n) is 13.6. The summed E-state index contributed by atoms with van der Waals surface area (Å²) in [5.41, 5.74) is 0.530. The SMILES string of the molecule is O=CC1CCN(c2ccc(N3CCC(=O)NC3=O)c(C(F)F)c2)CC1. The molecule has 2 aliphatic rings. The van der Waals surface area contributed by atoms with Crippen molar-refractivity contribution < 1.29 is 23.2 Å². The van der Waals surface area contributed by atoms with Gasteiger partial charge in [0.2, 0.25) is 5.91 Å². The highest BCUT2D eigenvalue weighted by Crippen LogP contribution is 2.35. The molecule has 0 aliphatic carbocycles. The second-order valence-electron chi connectivity index (χ2n) is 6.26. The standard InChI is InChI=1S/C17H19F2N3O3/c18-16(19)13-9-12(21-6-3-11(10-23)4-7-21)1-2-14(13)22-8-5-15(24)20-17(22)25/h1-2,9-11,16H,3-8H2,(H,20,24,25). The molecule has 2 aliphatic heterocycles. The van der Waals surface area contributed by atoms with Crippen LogP contribution in [0.5, 0.6) is 0 Å². The van der Waals surface area contributed by atoms with Gasteiger partial charge in [0.1, 0.15) is 6.29 Å². The van der Waals surface area contributed by atoms with E-state index in [0.717, 1.165) is 6.29 Å². The first-order valence-corrected chi connectivity index (χ1v) is 8.23. The Balaban J connectivity index is 1.85. The van der Waals surface area contributed by atoms with Crippen molar-refractivity contribution in [2.75, 3.05) is 29.4 Å². The number of alkyl halides is 2. The zero-order valence-corrected chi connectivity index (χ0v) is 13.6. The van der Waals surface area contributed by atoms with Crippen molar-refractivity contribution >= 4 is 29.6 Å². The maximum absolute atomic E-state index is 13.6. The van der Waals surface area contributed by atoms with Gasteiger partial charge >= 0.3 is 6.03 Å². The second-order valence-corrected chi connectivity index (χ2v) is 6.26. The molecule has 0 radical (unpaired) electrons. The molecule has 6 nitrogen and oxygen atoms in total. The van der Waals surface area contributed by atoms with Gasteiger partial charge in [0, 0.05) is 43.2 Å². The fourth-order valence-corrected chi connectivity index (χ4v) is 3.25. The van der Waals surface area contributed by atoms with E-state index in [1.165, 1.54) is 17.0 Å². The minimum absolute atomic E-state index is 0.0275. The van der Waals surface area contributed by atoms with Gasteiger partial charge in [-0.25, -0.2) is 13.6 Å². The average Bonchev–Trinajstić information content (AvgIpc) is 2.61. The summed E-state index contributed by atoms with van der Waals surface area (Å²) in [6.45, 7) is 1.34. The summed E-state index contributed by atoms with van der Waals surface area (Å²) < 4.78 is 27.1. The lowest BCUT2D eigenvalue weighted by Gasteiger charge is -2.33. The summed E-state index contributed by atoms with van der Waals surface area (Å²) in [6, 6.07) is 3.91. The Kier molecular flexibility index (Phi) is 4.96. The van der Waals surface area contributed by atoms with Gasteiger partial charge in [-0.2, -0.15) is 0 Å². The molecule has 1 N–H and O–H groups in total. The van der Waals surface area contributed by atoms with Crippen LogP contribution < -0.4 is 15.1 Å². The van der Waals surface area contributed by atoms with Crippen LogP contribution in [0, 0.1) is 5.92 Å². The number of carbonyl (C=O) groups is 3. The molecule has 3 amide bonds. The molecule has 134 valence electrons. The smallest absolute Gasteiger partial charge is 0.328 e. The molecule has 0 atom stereocenters. The third kappa shape index (κ3) is 3.62. The van der Waals surface area contributed by atoms with Gasteiger partial charge in [0.15, 0.2) is 0 Å². The predicted octanol–water partition coefficient (Wildman–Crippen LogP) is 2.49. The number of benzene rings is 1. The fraction of sp³-hybridized carbons (Fsp3) is 0.471. The molecule has 2 heterocycles. The second kappa shape index (κ2) is 7.16. The zero-order chi connectivity index (χ0) is 18.0. The topological polar surface area (TPSA) is 69.7 Å². The van der Waals surface area contributed by atoms with Crippen LogP contribution >= 0.6 is 0 Å². The Morgan fingerprint density at radius 1 is 1.16 bits per heavy atom. The van der Waals surface area contributed by atoms with E-state index in [-0.39, 0.29) is 30.1 Å². The van der Waals surface area contributed by atoms with Gasteiger partial charge in [-0.1, -0.05) is 0 Å². The fourth-order valence-electron chi connectivity index (χ4n) is 3.25. The van der Waals surface area contributed by atoms with E-state index in [9.17, 15) is 23.2 Å². The quantitative estimate of drug-likeness (QED) is 0.846. The van der Waals surface area contributed by atoms with Crippen molar-refractivity contribution in [3.05, 3.63) is 23.8 Å². The Morgan fingerprint density at radius 2 is 1.88 bits per heavy atom. The van der Waals surface area contributed by atoms with E-state index in [1.807, 2.05) is 4.90 Å². The van der Waals surface area contributed by atoms with E-state index in [0.29, 0.717) is 31.6 Å². The first-order chi connectivity index (χ1) is 12.0. The van der Waals surface area contributed by atoms with Crippen molar-refractivity contribution in [3.63, 3.8) is 0 Å². The Hall–Kier alpha value is -2.51. The maximum atomic E-state index is 13.6. The lowest BCUT2D eigenvalue weighted by molar-refractivity contribution is -0.120. The number of amides is 3. The molecular formula is C17H19F2N3O3. The van der Waals surface area contributed by atoms with Gasteiger partial charge in [0.05, 0.1) is 5.69 Å². The van der Waals surface area contributed by atoms with Crippen LogP contribution in [0.3, 0.4) is 0 Å². The molecule has 25 heavy (non-hydrogen) atoms. The van der Waals surface area contributed by atoms with Gasteiger partial charge in [-0.05, 0) is 31.0 Å². The van der Waals surface area contributed by atoms with E-state index >= 15 is 0 Å². The summed E-state index contributed by atoms with van der Waals surface area (Å²) >= 11 is 0. The molecule has 0 bridgehead atoms. The number of anilines is 2. The molecule has 2 saturated heterocycles. The lowest BCUT2D eigenvalue weighted by Crippen LogP contribution is -2.50. The van der Waals surface area contributed by atoms with E-state index in [1.54, 1.807) is 6.07 Å². The maximum Gasteiger partial charge on any atom is 0.328 e. The molecule has 3 rings (SSSR count). The third-order valence-electron chi connectivity index (χ3n) is 4.69. The number of imide groups is 1. The minimum Gasteiger partial charge on any atom is -0.371 e. The minimum atomic E-state index is -2.74. The molecule has 0 aromatic heterocycles. The largest absolute Gasteiger partial charge is 0.371 e. The number of rotatable bonds is 4. The van der Waals surface area contributed by atoms with Gasteiger partial charge in [0.25, 0.3) is 6.43 Å². The number of piperidine rings is 1. The highest BCUT2D eigenvalue weighted by atomic mass is 19.3. The number of aldehydes is 1. The van der Waals surface area contributed by atoms with Gasteiger partial charge in [-0.3, -0.25) is 15.0 Å². The molecule has 0 unspecified atom stereocenters. The van der Waals surface area contributed by atoms with Crippen LogP contribution in [-0.4, -0.2) is 37.9 Å². The highest BCUT2D eigenvalue weighted by Gasteiger charge is 2.29. The highest BCUT2D eigenvalue weighted by molar-refractivity contribution is 6.06. The molecule has 0 spiro atoms. The monoisotopic (exact) mass is 351 g/mol. The average molecular weight is 351 g/mol. The van der Waals surface area contributed by atoms with Gasteiger partial charge < -0.3 is 9.69 Å². The normalized spacial score (nSPS) is 19.3. The summed E-state index contributed by atoms with van der Waals surface area (Å²) in [5.74, 6) is -0.380. The van der Waals surface area contributed by atoms with Crippen LogP contribution in [0.4, 0.5) is 25.0 Å². The predicted molar refractivity (Wildman–Crippen MR) is 87.9 cm³/mol. The molecule has 8 heteroatoms. The van der Waals surface area contributed by atoms with E-state index in [2.05, 4.69) is 5.32 Å². The summed E-state index contributed by atoms with van der Waals surface area (Å²) in [7, 11) is 0. The van der Waals surface area contributed by atoms with Crippen molar-refractivity contribution in [2.24, 2.45) is 5.92 Å². The number of urea groups is 1. The van der Waals surface area contributed by atoms with Crippen LogP contribution in [0.25, 0.3) is 0 Å². The lowest BCUT2D eigenvalue weighted by atomic mass is 9.98.